The molecule has 110 valence electrons. The molecule has 2 unspecified atom stereocenters. The second-order valence-electron chi connectivity index (χ2n) is 4.69. The number of thioether (sulfide) groups is 1. The zero-order chi connectivity index (χ0) is 13.8. The minimum Gasteiger partial charge on any atom is -0.389 e. The predicted molar refractivity (Wildman–Crippen MR) is 78.4 cm³/mol. The number of aliphatic hydroxyl groups is 1. The van der Waals surface area contributed by atoms with Gasteiger partial charge in [-0.1, -0.05) is 6.92 Å². The fourth-order valence-corrected chi connectivity index (χ4v) is 1.67. The molecule has 0 heterocycles. The average Bonchev–Trinajstić information content (AvgIpc) is 2.33. The van der Waals surface area contributed by atoms with Gasteiger partial charge in [-0.25, -0.2) is 0 Å². The summed E-state index contributed by atoms with van der Waals surface area (Å²) in [5.74, 6) is 0. The molecule has 0 amide bonds. The van der Waals surface area contributed by atoms with Crippen molar-refractivity contribution >= 4 is 11.8 Å². The Bertz CT molecular complexity index is 182. The van der Waals surface area contributed by atoms with E-state index in [1.54, 1.807) is 0 Å². The first-order valence-electron chi connectivity index (χ1n) is 6.67. The monoisotopic (exact) mass is 279 g/mol. The van der Waals surface area contributed by atoms with Crippen LogP contribution in [0.5, 0.6) is 0 Å². The molecule has 0 radical (unpaired) electrons. The lowest BCUT2D eigenvalue weighted by atomic mass is 10.3. The second-order valence-corrected chi connectivity index (χ2v) is 5.96. The van der Waals surface area contributed by atoms with E-state index in [9.17, 15) is 5.11 Å². The smallest absolute Gasteiger partial charge is 0.0897 e. The first kappa shape index (κ1) is 18.2. The molecule has 0 saturated heterocycles. The van der Waals surface area contributed by atoms with E-state index in [1.807, 2.05) is 25.6 Å². The molecular weight excluding hydrogens is 250 g/mol. The summed E-state index contributed by atoms with van der Waals surface area (Å²) in [5.41, 5.74) is 0. The summed E-state index contributed by atoms with van der Waals surface area (Å²) in [7, 11) is 0. The van der Waals surface area contributed by atoms with Crippen molar-refractivity contribution in [2.45, 2.75) is 44.6 Å². The van der Waals surface area contributed by atoms with E-state index in [-0.39, 0.29) is 6.10 Å². The molecule has 0 aliphatic heterocycles. The molecule has 0 saturated carbocycles. The molecule has 0 spiro atoms. The predicted octanol–water partition coefficient (Wildman–Crippen LogP) is 1.52. The third-order valence-corrected chi connectivity index (χ3v) is 3.54. The van der Waals surface area contributed by atoms with Gasteiger partial charge in [0.05, 0.1) is 32.0 Å². The van der Waals surface area contributed by atoms with E-state index < -0.39 is 6.10 Å². The van der Waals surface area contributed by atoms with Gasteiger partial charge in [-0.2, -0.15) is 11.8 Å². The third-order valence-electron chi connectivity index (χ3n) is 2.50. The summed E-state index contributed by atoms with van der Waals surface area (Å²) < 4.78 is 10.7. The van der Waals surface area contributed by atoms with Crippen LogP contribution < -0.4 is 5.32 Å². The normalized spacial score (nSPS) is 15.0. The minimum atomic E-state index is -0.436. The van der Waals surface area contributed by atoms with E-state index in [1.165, 1.54) is 0 Å². The van der Waals surface area contributed by atoms with Crippen LogP contribution in [0.15, 0.2) is 0 Å². The Morgan fingerprint density at radius 2 is 1.94 bits per heavy atom. The standard InChI is InChI=1S/C13H29NO3S/c1-11(2)17-8-7-16-10-13(15)9-14-6-5-12(3)18-4/h11-15H,5-10H2,1-4H3. The Kier molecular flexibility index (Phi) is 12.4. The molecule has 2 atom stereocenters. The number of rotatable bonds is 12. The van der Waals surface area contributed by atoms with Crippen molar-refractivity contribution in [1.82, 2.24) is 5.32 Å². The zero-order valence-corrected chi connectivity index (χ0v) is 13.0. The van der Waals surface area contributed by atoms with Crippen LogP contribution in [0.25, 0.3) is 0 Å². The van der Waals surface area contributed by atoms with Gasteiger partial charge in [-0.3, -0.25) is 0 Å². The Balaban J connectivity index is 3.24. The Labute approximate surface area is 116 Å². The third kappa shape index (κ3) is 12.6. The number of hydrogen-bond acceptors (Lipinski definition) is 5. The molecule has 0 aromatic rings. The summed E-state index contributed by atoms with van der Waals surface area (Å²) >= 11 is 1.86. The van der Waals surface area contributed by atoms with Crippen molar-refractivity contribution in [2.24, 2.45) is 0 Å². The van der Waals surface area contributed by atoms with Gasteiger partial charge >= 0.3 is 0 Å². The van der Waals surface area contributed by atoms with E-state index >= 15 is 0 Å². The molecule has 0 bridgehead atoms. The molecule has 0 aromatic heterocycles. The highest BCUT2D eigenvalue weighted by molar-refractivity contribution is 7.99. The van der Waals surface area contributed by atoms with Crippen LogP contribution in [0.1, 0.15) is 27.2 Å². The van der Waals surface area contributed by atoms with Crippen molar-refractivity contribution in [3.63, 3.8) is 0 Å². The number of hydrogen-bond donors (Lipinski definition) is 2. The maximum atomic E-state index is 9.65. The summed E-state index contributed by atoms with van der Waals surface area (Å²) in [4.78, 5) is 0. The van der Waals surface area contributed by atoms with E-state index in [2.05, 4.69) is 18.5 Å². The highest BCUT2D eigenvalue weighted by Crippen LogP contribution is 2.07. The summed E-state index contributed by atoms with van der Waals surface area (Å²) in [6.45, 7) is 9.22. The van der Waals surface area contributed by atoms with Crippen molar-refractivity contribution in [2.75, 3.05) is 39.2 Å². The van der Waals surface area contributed by atoms with Gasteiger partial charge < -0.3 is 19.9 Å². The van der Waals surface area contributed by atoms with Crippen LogP contribution in [0.2, 0.25) is 0 Å². The second kappa shape index (κ2) is 12.2. The fourth-order valence-electron chi connectivity index (χ4n) is 1.31. The quantitative estimate of drug-likeness (QED) is 0.531. The average molecular weight is 279 g/mol. The van der Waals surface area contributed by atoms with E-state index in [4.69, 9.17) is 9.47 Å². The fraction of sp³-hybridized carbons (Fsp3) is 1.00. The lowest BCUT2D eigenvalue weighted by molar-refractivity contribution is -0.00991. The van der Waals surface area contributed by atoms with Crippen LogP contribution in [0.4, 0.5) is 0 Å². The highest BCUT2D eigenvalue weighted by atomic mass is 32.2. The van der Waals surface area contributed by atoms with Gasteiger partial charge in [-0.05, 0) is 33.1 Å². The first-order valence-corrected chi connectivity index (χ1v) is 7.96. The summed E-state index contributed by atoms with van der Waals surface area (Å²) in [6, 6.07) is 0. The molecule has 18 heavy (non-hydrogen) atoms. The van der Waals surface area contributed by atoms with E-state index in [0.29, 0.717) is 31.6 Å². The van der Waals surface area contributed by atoms with Crippen molar-refractivity contribution in [3.8, 4) is 0 Å². The van der Waals surface area contributed by atoms with Crippen molar-refractivity contribution < 1.29 is 14.6 Å². The molecule has 0 aliphatic rings. The zero-order valence-electron chi connectivity index (χ0n) is 12.1. The van der Waals surface area contributed by atoms with Crippen molar-refractivity contribution in [3.05, 3.63) is 0 Å². The molecular formula is C13H29NO3S. The molecule has 0 aliphatic carbocycles. The van der Waals surface area contributed by atoms with Gasteiger partial charge in [0.25, 0.3) is 0 Å². The Morgan fingerprint density at radius 1 is 1.22 bits per heavy atom. The summed E-state index contributed by atoms with van der Waals surface area (Å²) in [6.07, 6.45) is 3.04. The number of aliphatic hydroxyl groups excluding tert-OH is 1. The lowest BCUT2D eigenvalue weighted by Gasteiger charge is -2.14. The van der Waals surface area contributed by atoms with Gasteiger partial charge in [0.1, 0.15) is 0 Å². The molecule has 0 rings (SSSR count). The number of ether oxygens (including phenoxy) is 2. The van der Waals surface area contributed by atoms with Gasteiger partial charge in [-0.15, -0.1) is 0 Å². The molecule has 4 nitrogen and oxygen atoms in total. The highest BCUT2D eigenvalue weighted by Gasteiger charge is 2.04. The topological polar surface area (TPSA) is 50.7 Å². The first-order chi connectivity index (χ1) is 8.56. The number of nitrogens with one attached hydrogen (secondary N) is 1. The maximum absolute atomic E-state index is 9.65. The van der Waals surface area contributed by atoms with Gasteiger partial charge in [0.15, 0.2) is 0 Å². The molecule has 2 N–H and O–H groups in total. The Hall–Kier alpha value is 0.190. The maximum Gasteiger partial charge on any atom is 0.0897 e. The lowest BCUT2D eigenvalue weighted by Crippen LogP contribution is -2.32. The Morgan fingerprint density at radius 3 is 2.56 bits per heavy atom. The van der Waals surface area contributed by atoms with E-state index in [0.717, 1.165) is 13.0 Å². The SMILES string of the molecule is CSC(C)CCNCC(O)COCCOC(C)C. The summed E-state index contributed by atoms with van der Waals surface area (Å²) in [5, 5.41) is 13.5. The van der Waals surface area contributed by atoms with Crippen molar-refractivity contribution in [1.29, 1.82) is 0 Å². The molecule has 5 heteroatoms. The van der Waals surface area contributed by atoms with Crippen LogP contribution in [0, 0.1) is 0 Å². The van der Waals surface area contributed by atoms with Crippen LogP contribution in [-0.2, 0) is 9.47 Å². The largest absolute Gasteiger partial charge is 0.389 e. The van der Waals surface area contributed by atoms with Gasteiger partial charge in [0.2, 0.25) is 0 Å². The van der Waals surface area contributed by atoms with Crippen LogP contribution in [0.3, 0.4) is 0 Å². The van der Waals surface area contributed by atoms with Gasteiger partial charge in [0, 0.05) is 11.8 Å². The molecule has 0 aromatic carbocycles. The molecule has 0 fully saturated rings. The minimum absolute atomic E-state index is 0.235. The van der Waals surface area contributed by atoms with Crippen LogP contribution in [-0.4, -0.2) is 61.7 Å². The van der Waals surface area contributed by atoms with Crippen LogP contribution >= 0.6 is 11.8 Å².